The molecule has 0 aromatic carbocycles. The van der Waals surface area contributed by atoms with Gasteiger partial charge in [-0.2, -0.15) is 4.98 Å². The van der Waals surface area contributed by atoms with E-state index < -0.39 is 80.3 Å². The van der Waals surface area contributed by atoms with Crippen LogP contribution in [0.1, 0.15) is 12.5 Å². The van der Waals surface area contributed by atoms with Gasteiger partial charge in [-0.3, -0.25) is 32.8 Å². The van der Waals surface area contributed by atoms with Gasteiger partial charge in [0.1, 0.15) is 24.4 Å². The molecule has 0 bridgehead atoms. The van der Waals surface area contributed by atoms with Crippen molar-refractivity contribution in [3.05, 3.63) is 39.7 Å². The van der Waals surface area contributed by atoms with Crippen molar-refractivity contribution >= 4 is 47.3 Å². The van der Waals surface area contributed by atoms with Crippen LogP contribution in [0.3, 0.4) is 0 Å². The van der Waals surface area contributed by atoms with Crippen LogP contribution >= 0.6 is 19.0 Å². The van der Waals surface area contributed by atoms with Crippen molar-refractivity contribution < 1.29 is 42.1 Å². The number of H-pyrrole nitrogens is 2. The minimum absolute atomic E-state index is 0.00617. The fraction of sp³-hybridized carbons (Fsp3) is 0.500. The quantitative estimate of drug-likeness (QED) is 0.102. The van der Waals surface area contributed by atoms with E-state index in [1.807, 2.05) is 0 Å². The van der Waals surface area contributed by atoms with Crippen molar-refractivity contribution in [2.75, 3.05) is 18.9 Å². The van der Waals surface area contributed by atoms with Gasteiger partial charge in [0.15, 0.2) is 47.1 Å². The number of rotatable bonds is 8. The zero-order chi connectivity index (χ0) is 29.9. The predicted molar refractivity (Wildman–Crippen MR) is 139 cm³/mol. The van der Waals surface area contributed by atoms with Gasteiger partial charge in [-0.15, -0.1) is 0 Å². The topological polar surface area (TPSA) is 248 Å². The predicted octanol–water partition coefficient (Wildman–Crippen LogP) is -0.901. The van der Waals surface area contributed by atoms with E-state index in [1.165, 1.54) is 0 Å². The van der Waals surface area contributed by atoms with Crippen LogP contribution in [0.25, 0.3) is 22.3 Å². The van der Waals surface area contributed by atoms with Gasteiger partial charge >= 0.3 is 6.80 Å². The Morgan fingerprint density at radius 3 is 2.43 bits per heavy atom. The Morgan fingerprint density at radius 2 is 1.71 bits per heavy atom. The van der Waals surface area contributed by atoms with Crippen molar-refractivity contribution in [3.8, 4) is 0 Å². The average Bonchev–Trinajstić information content (AvgIpc) is 3.69. The molecule has 42 heavy (non-hydrogen) atoms. The van der Waals surface area contributed by atoms with E-state index in [1.54, 1.807) is 0 Å². The van der Waals surface area contributed by atoms with Crippen LogP contribution in [-0.4, -0.2) is 99.2 Å². The van der Waals surface area contributed by atoms with Crippen LogP contribution in [0.2, 0.25) is 0 Å². The highest BCUT2D eigenvalue weighted by atomic mass is 32.7. The second-order valence-corrected chi connectivity index (χ2v) is 12.2. The van der Waals surface area contributed by atoms with Crippen molar-refractivity contribution in [1.82, 2.24) is 39.0 Å². The van der Waals surface area contributed by atoms with Crippen molar-refractivity contribution in [3.63, 3.8) is 0 Å². The highest BCUT2D eigenvalue weighted by Gasteiger charge is 2.51. The number of aliphatic hydroxyl groups excluding tert-OH is 2. The number of thiol groups is 1. The summed E-state index contributed by atoms with van der Waals surface area (Å²) in [6.45, 7) is -6.01. The normalized spacial score (nSPS) is 31.3. The lowest BCUT2D eigenvalue weighted by molar-refractivity contribution is -0.0530. The molecule has 1 unspecified atom stereocenters. The summed E-state index contributed by atoms with van der Waals surface area (Å²) in [7, 11) is 0. The van der Waals surface area contributed by atoms with E-state index in [0.29, 0.717) is 0 Å². The van der Waals surface area contributed by atoms with Gasteiger partial charge in [-0.05, 0) is 0 Å². The van der Waals surface area contributed by atoms with Crippen LogP contribution in [-0.2, 0) is 23.1 Å². The molecule has 2 aliphatic rings. The lowest BCUT2D eigenvalue weighted by Crippen LogP contribution is -2.33. The van der Waals surface area contributed by atoms with Gasteiger partial charge < -0.3 is 30.4 Å². The molecule has 18 nitrogen and oxygen atoms in total. The van der Waals surface area contributed by atoms with E-state index in [9.17, 15) is 24.4 Å². The Morgan fingerprint density at radius 1 is 1.05 bits per heavy atom. The summed E-state index contributed by atoms with van der Waals surface area (Å²) in [5, 5.41) is 20.0. The molecule has 0 saturated carbocycles. The fourth-order valence-electron chi connectivity index (χ4n) is 4.77. The SMILES string of the molecule is Nc1nc2c(ncn2[C@@H]2O[C@H](CO)[C@H](F)[C@H]2OP(=O)(S)OC[C@H]2O[C@@H](n3cnc4c(=O)[nH]cnc43)[C@@H](F)[C@@H]2O)c(=O)[nH]1. The minimum Gasteiger partial charge on any atom is -0.394 e. The molecule has 4 aromatic heterocycles. The van der Waals surface area contributed by atoms with E-state index in [2.05, 4.69) is 42.2 Å². The van der Waals surface area contributed by atoms with Crippen LogP contribution in [0.4, 0.5) is 14.7 Å². The summed E-state index contributed by atoms with van der Waals surface area (Å²) in [6.07, 6.45) is -10.1. The lowest BCUT2D eigenvalue weighted by atomic mass is 10.1. The zero-order valence-corrected chi connectivity index (χ0v) is 22.7. The van der Waals surface area contributed by atoms with E-state index in [0.717, 1.165) is 28.1 Å². The van der Waals surface area contributed by atoms with Crippen molar-refractivity contribution in [2.45, 2.75) is 49.2 Å². The molecule has 9 atom stereocenters. The standard InChI is InChI=1S/C20H22F2N9O9PS/c21-8-6(1-32)38-19(31-5-27-11-15(31)28-20(23)29-17(11)35)13(8)40-41(36,42)37-2-7-12(33)9(22)18(39-7)30-4-26-10-14(30)24-3-25-16(10)34/h3-9,12-13,18-19,32-33H,1-2H2,(H,36,42)(H,24,25,34)(H3,23,28,29,35)/t6-,7-,8+,9+,12-,13-,18-,19-,41?/m1/s1. The first kappa shape index (κ1) is 28.8. The van der Waals surface area contributed by atoms with Crippen molar-refractivity contribution in [1.29, 1.82) is 0 Å². The number of anilines is 1. The first-order valence-electron chi connectivity index (χ1n) is 12.2. The molecule has 2 aliphatic heterocycles. The maximum Gasteiger partial charge on any atom is 0.386 e. The number of nitrogens with two attached hydrogens (primary N) is 1. The number of hydrogen-bond acceptors (Lipinski definition) is 14. The molecule has 226 valence electrons. The first-order valence-corrected chi connectivity index (χ1v) is 14.8. The van der Waals surface area contributed by atoms with Gasteiger partial charge in [-0.1, -0.05) is 12.2 Å². The number of nitrogens with one attached hydrogen (secondary N) is 2. The lowest BCUT2D eigenvalue weighted by Gasteiger charge is -2.25. The molecule has 6 N–H and O–H groups in total. The number of fused-ring (bicyclic) bond motifs is 2. The molecule has 2 saturated heterocycles. The maximum absolute atomic E-state index is 15.3. The molecule has 22 heteroatoms. The zero-order valence-electron chi connectivity index (χ0n) is 20.9. The van der Waals surface area contributed by atoms with E-state index >= 15 is 8.78 Å². The van der Waals surface area contributed by atoms with Gasteiger partial charge in [0.2, 0.25) is 5.95 Å². The third-order valence-electron chi connectivity index (χ3n) is 6.76. The maximum atomic E-state index is 15.3. The summed E-state index contributed by atoms with van der Waals surface area (Å²) in [6, 6.07) is 0. The summed E-state index contributed by atoms with van der Waals surface area (Å²) in [4.78, 5) is 44.4. The highest BCUT2D eigenvalue weighted by Crippen LogP contribution is 2.57. The van der Waals surface area contributed by atoms with Gasteiger partial charge in [0, 0.05) is 0 Å². The number of halogens is 2. The number of imidazole rings is 2. The number of aromatic nitrogens is 8. The molecule has 0 spiro atoms. The molecule has 0 aliphatic carbocycles. The average molecular weight is 633 g/mol. The van der Waals surface area contributed by atoms with Gasteiger partial charge in [0.25, 0.3) is 11.1 Å². The second-order valence-electron chi connectivity index (χ2n) is 9.36. The number of nitrogens with zero attached hydrogens (tertiary/aromatic N) is 6. The first-order chi connectivity index (χ1) is 20.0. The smallest absolute Gasteiger partial charge is 0.386 e. The third kappa shape index (κ3) is 4.90. The molecular formula is C20H22F2N9O9PS. The largest absolute Gasteiger partial charge is 0.394 e. The molecule has 0 amide bonds. The fourth-order valence-corrected chi connectivity index (χ4v) is 6.22. The summed E-state index contributed by atoms with van der Waals surface area (Å²) < 4.78 is 67.4. The van der Waals surface area contributed by atoms with E-state index in [-0.39, 0.29) is 28.3 Å². The molecule has 6 rings (SSSR count). The monoisotopic (exact) mass is 633 g/mol. The number of aliphatic hydroxyl groups is 2. The number of ether oxygens (including phenoxy) is 2. The van der Waals surface area contributed by atoms with Crippen LogP contribution < -0.4 is 16.9 Å². The van der Waals surface area contributed by atoms with Crippen molar-refractivity contribution in [2.24, 2.45) is 0 Å². The highest BCUT2D eigenvalue weighted by molar-refractivity contribution is 8.44. The summed E-state index contributed by atoms with van der Waals surface area (Å²) >= 11 is 3.89. The Hall–Kier alpha value is -3.30. The third-order valence-corrected chi connectivity index (χ3v) is 8.37. The number of hydrogen-bond donors (Lipinski definition) is 6. The van der Waals surface area contributed by atoms with Crippen LogP contribution in [0.15, 0.2) is 28.6 Å². The second kappa shape index (κ2) is 10.8. The molecule has 6 heterocycles. The molecule has 0 radical (unpaired) electrons. The van der Waals surface area contributed by atoms with Gasteiger partial charge in [0.05, 0.1) is 32.2 Å². The Labute approximate surface area is 236 Å². The summed E-state index contributed by atoms with van der Waals surface area (Å²) in [5.41, 5.74) is 4.00. The number of nitrogen functional groups attached to an aromatic ring is 1. The minimum atomic E-state index is -4.50. The summed E-state index contributed by atoms with van der Waals surface area (Å²) in [5.74, 6) is -0.269. The van der Waals surface area contributed by atoms with Crippen LogP contribution in [0, 0.1) is 0 Å². The Bertz CT molecular complexity index is 1800. The van der Waals surface area contributed by atoms with Gasteiger partial charge in [-0.25, -0.2) is 28.3 Å². The van der Waals surface area contributed by atoms with E-state index in [4.69, 9.17) is 24.3 Å². The molecular weight excluding hydrogens is 611 g/mol. The molecule has 4 aromatic rings. The Balaban J connectivity index is 1.19. The molecule has 2 fully saturated rings. The van der Waals surface area contributed by atoms with Crippen LogP contribution in [0.5, 0.6) is 0 Å². The Kier molecular flexibility index (Phi) is 7.38. The number of alkyl halides is 2. The number of aromatic amines is 2.